The first-order valence-electron chi connectivity index (χ1n) is 9.19. The van der Waals surface area contributed by atoms with E-state index >= 15 is 0 Å². The minimum atomic E-state index is -0.402. The second-order valence-electron chi connectivity index (χ2n) is 7.49. The summed E-state index contributed by atoms with van der Waals surface area (Å²) in [5.74, 6) is 1.55. The van der Waals surface area contributed by atoms with Crippen molar-refractivity contribution < 1.29 is 9.66 Å². The van der Waals surface area contributed by atoms with Gasteiger partial charge in [-0.05, 0) is 50.5 Å². The van der Waals surface area contributed by atoms with Crippen LogP contribution in [0.2, 0.25) is 0 Å². The molecule has 2 aromatic rings. The van der Waals surface area contributed by atoms with Crippen molar-refractivity contribution in [2.45, 2.75) is 39.3 Å². The Balaban J connectivity index is 1.97. The molecule has 0 heterocycles. The number of nitro groups is 1. The average Bonchev–Trinajstić information content (AvgIpc) is 2.65. The summed E-state index contributed by atoms with van der Waals surface area (Å²) in [6, 6.07) is 14.5. The molecule has 2 N–H and O–H groups in total. The topological polar surface area (TPSA) is 88.8 Å². The molecular formula is C21H28N4O3. The number of hydrogen-bond acceptors (Lipinski definition) is 4. The molecule has 0 fully saturated rings. The summed E-state index contributed by atoms with van der Waals surface area (Å²) in [7, 11) is 1.66. The van der Waals surface area contributed by atoms with Crippen LogP contribution < -0.4 is 15.4 Å². The summed E-state index contributed by atoms with van der Waals surface area (Å²) in [5, 5.41) is 17.5. The third-order valence-corrected chi connectivity index (χ3v) is 3.93. The number of rotatable bonds is 7. The Bertz CT molecular complexity index is 794. The van der Waals surface area contributed by atoms with Crippen molar-refractivity contribution in [1.82, 2.24) is 10.6 Å². The van der Waals surface area contributed by atoms with Gasteiger partial charge in [-0.3, -0.25) is 10.1 Å². The van der Waals surface area contributed by atoms with E-state index in [1.54, 1.807) is 19.2 Å². The molecule has 2 aromatic carbocycles. The monoisotopic (exact) mass is 384 g/mol. The molecule has 0 atom stereocenters. The van der Waals surface area contributed by atoms with Gasteiger partial charge in [0.05, 0.1) is 18.6 Å². The number of guanidine groups is 1. The van der Waals surface area contributed by atoms with Crippen LogP contribution >= 0.6 is 0 Å². The SMILES string of the molecule is COc1ccc(CCNC(=NCc2ccc([N+](=O)[O-])cc2)NC(C)(C)C)cc1. The highest BCUT2D eigenvalue weighted by Gasteiger charge is 2.12. The van der Waals surface area contributed by atoms with Crippen LogP contribution in [0, 0.1) is 10.1 Å². The van der Waals surface area contributed by atoms with E-state index < -0.39 is 4.92 Å². The van der Waals surface area contributed by atoms with Gasteiger partial charge in [0, 0.05) is 24.2 Å². The van der Waals surface area contributed by atoms with Crippen molar-refractivity contribution in [2.24, 2.45) is 4.99 Å². The fourth-order valence-electron chi connectivity index (χ4n) is 2.51. The molecule has 7 nitrogen and oxygen atoms in total. The maximum Gasteiger partial charge on any atom is 0.269 e. The van der Waals surface area contributed by atoms with Crippen molar-refractivity contribution in [2.75, 3.05) is 13.7 Å². The van der Waals surface area contributed by atoms with Gasteiger partial charge in [-0.15, -0.1) is 0 Å². The summed E-state index contributed by atoms with van der Waals surface area (Å²) in [6.07, 6.45) is 0.854. The molecule has 0 aromatic heterocycles. The molecule has 0 saturated carbocycles. The van der Waals surface area contributed by atoms with Gasteiger partial charge in [0.2, 0.25) is 0 Å². The van der Waals surface area contributed by atoms with Gasteiger partial charge in [-0.1, -0.05) is 24.3 Å². The van der Waals surface area contributed by atoms with Crippen LogP contribution in [0.5, 0.6) is 5.75 Å². The van der Waals surface area contributed by atoms with Gasteiger partial charge >= 0.3 is 0 Å². The van der Waals surface area contributed by atoms with Crippen molar-refractivity contribution in [1.29, 1.82) is 0 Å². The summed E-state index contributed by atoms with van der Waals surface area (Å²) in [5.41, 5.74) is 2.06. The maximum atomic E-state index is 10.8. The standard InChI is InChI=1S/C21H28N4O3/c1-21(2,3)24-20(22-14-13-16-7-11-19(28-4)12-8-16)23-15-17-5-9-18(10-6-17)25(26)27/h5-12H,13-15H2,1-4H3,(H2,22,23,24). The first-order chi connectivity index (χ1) is 13.3. The molecule has 0 radical (unpaired) electrons. The van der Waals surface area contributed by atoms with Crippen LogP contribution in [0.4, 0.5) is 5.69 Å². The van der Waals surface area contributed by atoms with Crippen LogP contribution in [0.25, 0.3) is 0 Å². The molecule has 7 heteroatoms. The van der Waals surface area contributed by atoms with Crippen LogP contribution in [0.1, 0.15) is 31.9 Å². The van der Waals surface area contributed by atoms with Gasteiger partial charge < -0.3 is 15.4 Å². The van der Waals surface area contributed by atoms with E-state index in [4.69, 9.17) is 4.74 Å². The van der Waals surface area contributed by atoms with Gasteiger partial charge in [-0.2, -0.15) is 0 Å². The maximum absolute atomic E-state index is 10.8. The second kappa shape index (κ2) is 9.73. The fourth-order valence-corrected chi connectivity index (χ4v) is 2.51. The molecule has 0 bridgehead atoms. The summed E-state index contributed by atoms with van der Waals surface area (Å²) >= 11 is 0. The van der Waals surface area contributed by atoms with Gasteiger partial charge in [0.25, 0.3) is 5.69 Å². The summed E-state index contributed by atoms with van der Waals surface area (Å²) in [6.45, 7) is 7.37. The Morgan fingerprint density at radius 2 is 1.68 bits per heavy atom. The first-order valence-corrected chi connectivity index (χ1v) is 9.19. The Labute approximate surface area is 166 Å². The first kappa shape index (κ1) is 21.2. The van der Waals surface area contributed by atoms with E-state index in [0.29, 0.717) is 12.5 Å². The molecule has 2 rings (SSSR count). The van der Waals surface area contributed by atoms with Gasteiger partial charge in [0.1, 0.15) is 5.75 Å². The van der Waals surface area contributed by atoms with E-state index in [-0.39, 0.29) is 11.2 Å². The molecule has 0 saturated heterocycles. The van der Waals surface area contributed by atoms with E-state index in [9.17, 15) is 10.1 Å². The zero-order valence-electron chi connectivity index (χ0n) is 16.9. The van der Waals surface area contributed by atoms with Crippen molar-refractivity contribution in [3.8, 4) is 5.75 Å². The van der Waals surface area contributed by atoms with Crippen molar-refractivity contribution in [3.63, 3.8) is 0 Å². The predicted molar refractivity (Wildman–Crippen MR) is 112 cm³/mol. The van der Waals surface area contributed by atoms with E-state index in [1.807, 2.05) is 24.3 Å². The highest BCUT2D eigenvalue weighted by Crippen LogP contribution is 2.13. The highest BCUT2D eigenvalue weighted by atomic mass is 16.6. The van der Waals surface area contributed by atoms with Gasteiger partial charge in [-0.25, -0.2) is 4.99 Å². The number of nitrogens with one attached hydrogen (secondary N) is 2. The van der Waals surface area contributed by atoms with Crippen molar-refractivity contribution in [3.05, 3.63) is 69.8 Å². The lowest BCUT2D eigenvalue weighted by atomic mass is 10.1. The number of nitrogens with zero attached hydrogens (tertiary/aromatic N) is 2. The number of hydrogen-bond donors (Lipinski definition) is 2. The number of benzene rings is 2. The Hall–Kier alpha value is -3.09. The molecular weight excluding hydrogens is 356 g/mol. The number of non-ortho nitro benzene ring substituents is 1. The van der Waals surface area contributed by atoms with Crippen LogP contribution in [0.15, 0.2) is 53.5 Å². The zero-order valence-corrected chi connectivity index (χ0v) is 16.9. The number of nitro benzene ring substituents is 1. The van der Waals surface area contributed by atoms with E-state index in [2.05, 4.69) is 36.4 Å². The Morgan fingerprint density at radius 1 is 1.07 bits per heavy atom. The third-order valence-electron chi connectivity index (χ3n) is 3.93. The summed E-state index contributed by atoms with van der Waals surface area (Å²) < 4.78 is 5.18. The summed E-state index contributed by atoms with van der Waals surface area (Å²) in [4.78, 5) is 15.0. The third kappa shape index (κ3) is 7.26. The largest absolute Gasteiger partial charge is 0.497 e. The molecule has 28 heavy (non-hydrogen) atoms. The smallest absolute Gasteiger partial charge is 0.269 e. The number of ether oxygens (including phenoxy) is 1. The Morgan fingerprint density at radius 3 is 2.21 bits per heavy atom. The molecule has 0 spiro atoms. The van der Waals surface area contributed by atoms with E-state index in [0.717, 1.165) is 24.3 Å². The molecule has 0 unspecified atom stereocenters. The van der Waals surface area contributed by atoms with Crippen LogP contribution in [-0.2, 0) is 13.0 Å². The Kier molecular flexibility index (Phi) is 7.37. The fraction of sp³-hybridized carbons (Fsp3) is 0.381. The van der Waals surface area contributed by atoms with Gasteiger partial charge in [0.15, 0.2) is 5.96 Å². The molecule has 0 aliphatic heterocycles. The van der Waals surface area contributed by atoms with E-state index in [1.165, 1.54) is 17.7 Å². The molecule has 0 aliphatic rings. The zero-order chi connectivity index (χ0) is 20.6. The van der Waals surface area contributed by atoms with Crippen LogP contribution in [-0.4, -0.2) is 30.1 Å². The predicted octanol–water partition coefficient (Wildman–Crippen LogP) is 3.68. The molecule has 0 aliphatic carbocycles. The van der Waals surface area contributed by atoms with Crippen molar-refractivity contribution >= 4 is 11.6 Å². The molecule has 150 valence electrons. The molecule has 0 amide bonds. The lowest BCUT2D eigenvalue weighted by Gasteiger charge is -2.24. The lowest BCUT2D eigenvalue weighted by molar-refractivity contribution is -0.384. The minimum absolute atomic E-state index is 0.0818. The minimum Gasteiger partial charge on any atom is -0.497 e. The lowest BCUT2D eigenvalue weighted by Crippen LogP contribution is -2.48. The normalized spacial score (nSPS) is 11.8. The number of methoxy groups -OCH3 is 1. The van der Waals surface area contributed by atoms with Crippen LogP contribution in [0.3, 0.4) is 0 Å². The second-order valence-corrected chi connectivity index (χ2v) is 7.49. The quantitative estimate of drug-likeness (QED) is 0.329. The number of aliphatic imine (C=N–C) groups is 1. The highest BCUT2D eigenvalue weighted by molar-refractivity contribution is 5.80. The average molecular weight is 384 g/mol.